The molecule has 10 heavy (non-hydrogen) atoms. The molecule has 0 aliphatic heterocycles. The monoisotopic (exact) mass is 202 g/mol. The van der Waals surface area contributed by atoms with Gasteiger partial charge in [-0.25, -0.2) is 0 Å². The molecule has 0 aromatic carbocycles. The van der Waals surface area contributed by atoms with Crippen molar-refractivity contribution in [3.05, 3.63) is 0 Å². The van der Waals surface area contributed by atoms with Crippen molar-refractivity contribution in [1.82, 2.24) is 0 Å². The Bertz CT molecular complexity index is 89.2. The van der Waals surface area contributed by atoms with Gasteiger partial charge in [-0.3, -0.25) is 0 Å². The molecule has 0 radical (unpaired) electrons. The van der Waals surface area contributed by atoms with E-state index in [0.29, 0.717) is 0 Å². The van der Waals surface area contributed by atoms with Crippen molar-refractivity contribution in [2.75, 3.05) is 0 Å². The second-order valence-corrected chi connectivity index (χ2v) is 0.921. The van der Waals surface area contributed by atoms with E-state index in [9.17, 15) is 19.8 Å². The van der Waals surface area contributed by atoms with Gasteiger partial charge in [0, 0.05) is 18.4 Å². The van der Waals surface area contributed by atoms with Crippen LogP contribution in [0.2, 0.25) is 0 Å². The Labute approximate surface area is 69.2 Å². The molecule has 0 aliphatic carbocycles. The van der Waals surface area contributed by atoms with E-state index < -0.39 is 18.4 Å². The predicted octanol–water partition coefficient (Wildman–Crippen LogP) is -4.78. The largest absolute Gasteiger partial charge is 2.00 e. The van der Waals surface area contributed by atoms with Crippen molar-refractivity contribution >= 4 is 11.9 Å². The van der Waals surface area contributed by atoms with E-state index >= 15 is 0 Å². The minimum atomic E-state index is -1.63. The summed E-state index contributed by atoms with van der Waals surface area (Å²) < 4.78 is 0. The quantitative estimate of drug-likeness (QED) is 0.328. The standard InChI is InChI=1S/C3H4O4.2H2O.Zn/c4-2(5)1-3(6)7;;;/h1H2,(H,4,5)(H,6,7);2*1H2;/q;;;+2/p-2. The minimum Gasteiger partial charge on any atom is -0.550 e. The van der Waals surface area contributed by atoms with Crippen molar-refractivity contribution in [3.63, 3.8) is 0 Å². The van der Waals surface area contributed by atoms with Gasteiger partial charge in [0.05, 0.1) is 0 Å². The maximum absolute atomic E-state index is 9.28. The van der Waals surface area contributed by atoms with Crippen molar-refractivity contribution in [1.29, 1.82) is 0 Å². The molecule has 0 bridgehead atoms. The maximum atomic E-state index is 9.28. The first kappa shape index (κ1) is 22.7. The van der Waals surface area contributed by atoms with E-state index in [4.69, 9.17) is 0 Å². The normalized spacial score (nSPS) is 5.60. The molecule has 0 atom stereocenters. The van der Waals surface area contributed by atoms with Gasteiger partial charge >= 0.3 is 19.5 Å². The van der Waals surface area contributed by atoms with E-state index in [1.165, 1.54) is 0 Å². The molecular weight excluding hydrogens is 197 g/mol. The Balaban J connectivity index is -0.0000000600. The van der Waals surface area contributed by atoms with Crippen LogP contribution in [0.25, 0.3) is 0 Å². The van der Waals surface area contributed by atoms with Gasteiger partial charge in [0.25, 0.3) is 0 Å². The van der Waals surface area contributed by atoms with Gasteiger partial charge in [-0.2, -0.15) is 0 Å². The molecule has 0 amide bonds. The first-order valence-electron chi connectivity index (χ1n) is 1.52. The molecule has 0 saturated carbocycles. The average Bonchev–Trinajstić information content (AvgIpc) is 1.27. The van der Waals surface area contributed by atoms with E-state index in [1.54, 1.807) is 0 Å². The van der Waals surface area contributed by atoms with Crippen molar-refractivity contribution in [2.24, 2.45) is 0 Å². The van der Waals surface area contributed by atoms with Crippen LogP contribution in [0.3, 0.4) is 0 Å². The number of rotatable bonds is 2. The third-order valence-electron chi connectivity index (χ3n) is 0.289. The smallest absolute Gasteiger partial charge is 0.550 e. The van der Waals surface area contributed by atoms with Crippen LogP contribution in [0, 0.1) is 0 Å². The second kappa shape index (κ2) is 11.3. The van der Waals surface area contributed by atoms with Crippen molar-refractivity contribution < 1.29 is 50.2 Å². The zero-order valence-corrected chi connectivity index (χ0v) is 8.01. The Morgan fingerprint density at radius 3 is 1.20 bits per heavy atom. The van der Waals surface area contributed by atoms with Gasteiger partial charge in [0.2, 0.25) is 0 Å². The van der Waals surface area contributed by atoms with Gasteiger partial charge in [0.1, 0.15) is 0 Å². The summed E-state index contributed by atoms with van der Waals surface area (Å²) in [5.41, 5.74) is 0. The first-order chi connectivity index (χ1) is 3.13. The van der Waals surface area contributed by atoms with Gasteiger partial charge in [-0.15, -0.1) is 0 Å². The molecule has 0 aliphatic rings. The summed E-state index contributed by atoms with van der Waals surface area (Å²) in [6.07, 6.45) is -1.03. The SMILES string of the molecule is O.O.O=C([O-])CC(=O)[O-].[Zn+2]. The van der Waals surface area contributed by atoms with E-state index in [2.05, 4.69) is 0 Å². The fraction of sp³-hybridized carbons (Fsp3) is 0.333. The molecule has 0 aromatic heterocycles. The topological polar surface area (TPSA) is 143 Å². The van der Waals surface area contributed by atoms with Crippen molar-refractivity contribution in [3.8, 4) is 0 Å². The van der Waals surface area contributed by atoms with Gasteiger partial charge in [0.15, 0.2) is 0 Å². The van der Waals surface area contributed by atoms with Gasteiger partial charge in [-0.1, -0.05) is 0 Å². The number of hydrogen-bond acceptors (Lipinski definition) is 4. The van der Waals surface area contributed by atoms with Crippen molar-refractivity contribution in [2.45, 2.75) is 6.42 Å². The van der Waals surface area contributed by atoms with Crippen LogP contribution in [0.15, 0.2) is 0 Å². The Morgan fingerprint density at radius 2 is 1.20 bits per heavy atom. The summed E-state index contributed by atoms with van der Waals surface area (Å²) in [5, 5.41) is 18.6. The summed E-state index contributed by atoms with van der Waals surface area (Å²) in [6, 6.07) is 0. The Hall–Kier alpha value is -0.517. The maximum Gasteiger partial charge on any atom is 2.00 e. The first-order valence-corrected chi connectivity index (χ1v) is 1.52. The van der Waals surface area contributed by atoms with E-state index in [1.807, 2.05) is 0 Å². The molecule has 0 aromatic rings. The number of hydrogen-bond donors (Lipinski definition) is 0. The molecule has 4 N–H and O–H groups in total. The number of carbonyl (C=O) groups excluding carboxylic acids is 2. The number of carboxylic acid groups (broad SMARTS) is 2. The second-order valence-electron chi connectivity index (χ2n) is 0.921. The fourth-order valence-corrected chi connectivity index (χ4v) is 0.118. The van der Waals surface area contributed by atoms with Crippen LogP contribution in [0.5, 0.6) is 0 Å². The van der Waals surface area contributed by atoms with E-state index in [0.717, 1.165) is 0 Å². The summed E-state index contributed by atoms with van der Waals surface area (Å²) in [6.45, 7) is 0. The van der Waals surface area contributed by atoms with Crippen LogP contribution in [0.1, 0.15) is 6.42 Å². The molecule has 0 saturated heterocycles. The third-order valence-corrected chi connectivity index (χ3v) is 0.289. The molecule has 7 heteroatoms. The molecule has 56 valence electrons. The number of carbonyl (C=O) groups is 2. The molecule has 0 spiro atoms. The third kappa shape index (κ3) is 25.9. The summed E-state index contributed by atoms with van der Waals surface area (Å²) in [5.74, 6) is -3.25. The minimum absolute atomic E-state index is 0. The Morgan fingerprint density at radius 1 is 1.00 bits per heavy atom. The van der Waals surface area contributed by atoms with Crippen LogP contribution >= 0.6 is 0 Å². The summed E-state index contributed by atoms with van der Waals surface area (Å²) >= 11 is 0. The Kier molecular flexibility index (Phi) is 25.7. The zero-order valence-electron chi connectivity index (χ0n) is 5.05. The summed E-state index contributed by atoms with van der Waals surface area (Å²) in [4.78, 5) is 18.6. The molecule has 6 nitrogen and oxygen atoms in total. The molecule has 0 rings (SSSR count). The summed E-state index contributed by atoms with van der Waals surface area (Å²) in [7, 11) is 0. The molecule has 0 fully saturated rings. The zero-order chi connectivity index (χ0) is 5.86. The average molecular weight is 203 g/mol. The van der Waals surface area contributed by atoms with Gasteiger partial charge in [-0.05, 0) is 0 Å². The molecular formula is C3H6O6Zn. The van der Waals surface area contributed by atoms with Crippen LogP contribution in [0.4, 0.5) is 0 Å². The predicted molar refractivity (Wildman–Crippen MR) is 21.9 cm³/mol. The molecule has 0 heterocycles. The van der Waals surface area contributed by atoms with Crippen LogP contribution < -0.4 is 10.2 Å². The van der Waals surface area contributed by atoms with Gasteiger partial charge < -0.3 is 30.8 Å². The number of aliphatic carboxylic acids is 2. The van der Waals surface area contributed by atoms with Crippen LogP contribution in [-0.2, 0) is 29.1 Å². The molecule has 0 unspecified atom stereocenters. The van der Waals surface area contributed by atoms with Crippen LogP contribution in [-0.4, -0.2) is 22.9 Å². The van der Waals surface area contributed by atoms with E-state index in [-0.39, 0.29) is 30.4 Å². The fourth-order valence-electron chi connectivity index (χ4n) is 0.118. The number of carboxylic acids is 2.